The average molecular weight is 442 g/mol. The summed E-state index contributed by atoms with van der Waals surface area (Å²) in [5, 5.41) is 14.0. The van der Waals surface area contributed by atoms with E-state index in [1.54, 1.807) is 24.3 Å². The van der Waals surface area contributed by atoms with E-state index in [1.165, 1.54) is 30.6 Å². The third-order valence-electron chi connectivity index (χ3n) is 4.63. The molecular formula is C23H14N4O4S. The summed E-state index contributed by atoms with van der Waals surface area (Å²) in [6, 6.07) is 16.5. The van der Waals surface area contributed by atoms with Crippen LogP contribution >= 0.6 is 11.8 Å². The number of carbonyl (C=O) groups is 1. The largest absolute Gasteiger partial charge is 0.464 e. The SMILES string of the molecule is N#Cc1c(NC(=O)CSc2ncnc3ccccc23)oc(-c2ccco2)c1-c1ccco1. The minimum atomic E-state index is -0.347. The van der Waals surface area contributed by atoms with E-state index in [9.17, 15) is 10.1 Å². The monoisotopic (exact) mass is 442 g/mol. The third kappa shape index (κ3) is 3.64. The number of nitriles is 1. The third-order valence-corrected chi connectivity index (χ3v) is 5.64. The molecule has 0 bridgehead atoms. The van der Waals surface area contributed by atoms with Crippen LogP contribution < -0.4 is 5.32 Å². The molecular weight excluding hydrogens is 428 g/mol. The summed E-state index contributed by atoms with van der Waals surface area (Å²) < 4.78 is 16.8. The maximum atomic E-state index is 12.7. The summed E-state index contributed by atoms with van der Waals surface area (Å²) in [6.07, 6.45) is 4.46. The van der Waals surface area contributed by atoms with Crippen molar-refractivity contribution >= 4 is 34.5 Å². The van der Waals surface area contributed by atoms with Crippen molar-refractivity contribution in [2.24, 2.45) is 0 Å². The number of anilines is 1. The number of nitrogens with zero attached hydrogens (tertiary/aromatic N) is 3. The van der Waals surface area contributed by atoms with Crippen LogP contribution in [0.1, 0.15) is 5.56 Å². The lowest BCUT2D eigenvalue weighted by Gasteiger charge is -2.05. The van der Waals surface area contributed by atoms with E-state index in [0.29, 0.717) is 27.9 Å². The van der Waals surface area contributed by atoms with Crippen LogP contribution in [0.5, 0.6) is 0 Å². The van der Waals surface area contributed by atoms with Gasteiger partial charge in [0.25, 0.3) is 0 Å². The number of para-hydroxylation sites is 1. The molecule has 1 aromatic carbocycles. The second-order valence-electron chi connectivity index (χ2n) is 6.61. The number of hydrogen-bond donors (Lipinski definition) is 1. The zero-order valence-corrected chi connectivity index (χ0v) is 17.3. The van der Waals surface area contributed by atoms with E-state index in [2.05, 4.69) is 21.4 Å². The van der Waals surface area contributed by atoms with Crippen molar-refractivity contribution in [2.45, 2.75) is 5.03 Å². The lowest BCUT2D eigenvalue weighted by atomic mass is 10.1. The number of amides is 1. The van der Waals surface area contributed by atoms with Crippen LogP contribution in [0.3, 0.4) is 0 Å². The normalized spacial score (nSPS) is 10.8. The van der Waals surface area contributed by atoms with Gasteiger partial charge in [-0.25, -0.2) is 9.97 Å². The molecule has 0 radical (unpaired) electrons. The van der Waals surface area contributed by atoms with Crippen molar-refractivity contribution in [3.8, 4) is 28.9 Å². The smallest absolute Gasteiger partial charge is 0.237 e. The van der Waals surface area contributed by atoms with Crippen molar-refractivity contribution < 1.29 is 18.0 Å². The number of carbonyl (C=O) groups excluding carboxylic acids is 1. The zero-order valence-electron chi connectivity index (χ0n) is 16.4. The van der Waals surface area contributed by atoms with Crippen LogP contribution in [0, 0.1) is 11.3 Å². The highest BCUT2D eigenvalue weighted by molar-refractivity contribution is 8.00. The highest BCUT2D eigenvalue weighted by atomic mass is 32.2. The average Bonchev–Trinajstić information content (AvgIpc) is 3.58. The van der Waals surface area contributed by atoms with Crippen LogP contribution in [0.2, 0.25) is 0 Å². The van der Waals surface area contributed by atoms with Gasteiger partial charge in [0.05, 0.1) is 29.4 Å². The van der Waals surface area contributed by atoms with Gasteiger partial charge < -0.3 is 13.3 Å². The van der Waals surface area contributed by atoms with Crippen molar-refractivity contribution in [1.29, 1.82) is 5.26 Å². The molecule has 8 nitrogen and oxygen atoms in total. The highest BCUT2D eigenvalue weighted by Gasteiger charge is 2.27. The summed E-state index contributed by atoms with van der Waals surface area (Å²) in [7, 11) is 0. The van der Waals surface area contributed by atoms with Gasteiger partial charge in [0.2, 0.25) is 11.8 Å². The predicted octanol–water partition coefficient (Wildman–Crippen LogP) is 5.35. The Bertz CT molecular complexity index is 1430. The number of thioether (sulfide) groups is 1. The van der Waals surface area contributed by atoms with Gasteiger partial charge in [0, 0.05) is 5.39 Å². The lowest BCUT2D eigenvalue weighted by Crippen LogP contribution is -2.14. The molecule has 0 aliphatic carbocycles. The Morgan fingerprint density at radius 1 is 1.03 bits per heavy atom. The van der Waals surface area contributed by atoms with E-state index >= 15 is 0 Å². The number of rotatable bonds is 6. The standard InChI is InChI=1S/C23H14N4O4S/c24-11-15-20(17-7-3-9-29-17)21(18-8-4-10-30-18)31-22(15)27-19(28)12-32-23-14-5-1-2-6-16(14)25-13-26-23/h1-10,13H,12H2,(H,27,28). The number of nitrogens with one attached hydrogen (secondary N) is 1. The predicted molar refractivity (Wildman–Crippen MR) is 118 cm³/mol. The fourth-order valence-corrected chi connectivity index (χ4v) is 4.04. The molecule has 0 atom stereocenters. The van der Waals surface area contributed by atoms with Crippen molar-refractivity contribution in [3.05, 3.63) is 72.9 Å². The zero-order chi connectivity index (χ0) is 21.9. The Kier molecular flexibility index (Phi) is 5.19. The van der Waals surface area contributed by atoms with Crippen LogP contribution in [0.25, 0.3) is 33.7 Å². The summed E-state index contributed by atoms with van der Waals surface area (Å²) in [6.45, 7) is 0. The minimum Gasteiger partial charge on any atom is -0.464 e. The van der Waals surface area contributed by atoms with E-state index in [4.69, 9.17) is 13.3 Å². The van der Waals surface area contributed by atoms with E-state index in [0.717, 1.165) is 10.9 Å². The Hall–Kier alpha value is -4.29. The number of hydrogen-bond acceptors (Lipinski definition) is 8. The minimum absolute atomic E-state index is 0.0310. The van der Waals surface area contributed by atoms with Crippen LogP contribution in [-0.2, 0) is 4.79 Å². The molecule has 5 aromatic rings. The Balaban J connectivity index is 1.42. The fraction of sp³-hybridized carbons (Fsp3) is 0.0435. The highest BCUT2D eigenvalue weighted by Crippen LogP contribution is 2.41. The second-order valence-corrected chi connectivity index (χ2v) is 7.57. The molecule has 0 spiro atoms. The quantitative estimate of drug-likeness (QED) is 0.276. The molecule has 5 rings (SSSR count). The Labute approximate surface area is 185 Å². The second kappa shape index (κ2) is 8.45. The summed E-state index contributed by atoms with van der Waals surface area (Å²) >= 11 is 1.27. The van der Waals surface area contributed by atoms with Gasteiger partial charge >= 0.3 is 0 Å². The molecule has 156 valence electrons. The molecule has 0 fully saturated rings. The molecule has 1 amide bonds. The van der Waals surface area contributed by atoms with Crippen molar-refractivity contribution in [2.75, 3.05) is 11.1 Å². The van der Waals surface area contributed by atoms with E-state index < -0.39 is 0 Å². The first-order chi connectivity index (χ1) is 15.7. The van der Waals surface area contributed by atoms with Gasteiger partial charge in [-0.05, 0) is 30.3 Å². The first kappa shape index (κ1) is 19.7. The lowest BCUT2D eigenvalue weighted by molar-refractivity contribution is -0.113. The van der Waals surface area contributed by atoms with Gasteiger partial charge in [0.15, 0.2) is 11.5 Å². The molecule has 0 aliphatic rings. The molecule has 1 N–H and O–H groups in total. The topological polar surface area (TPSA) is 118 Å². The molecule has 9 heteroatoms. The van der Waals surface area contributed by atoms with Crippen LogP contribution in [0.15, 0.2) is 85.7 Å². The Morgan fingerprint density at radius 3 is 2.56 bits per heavy atom. The number of aromatic nitrogens is 2. The van der Waals surface area contributed by atoms with Crippen LogP contribution in [0.4, 0.5) is 5.88 Å². The molecule has 4 heterocycles. The van der Waals surface area contributed by atoms with Gasteiger partial charge in [-0.2, -0.15) is 5.26 Å². The molecule has 4 aromatic heterocycles. The molecule has 0 aliphatic heterocycles. The summed E-state index contributed by atoms with van der Waals surface area (Å²) in [5.74, 6) is 0.891. The summed E-state index contributed by atoms with van der Waals surface area (Å²) in [4.78, 5) is 21.2. The first-order valence-electron chi connectivity index (χ1n) is 9.51. The Morgan fingerprint density at radius 2 is 1.81 bits per heavy atom. The maximum Gasteiger partial charge on any atom is 0.237 e. The van der Waals surface area contributed by atoms with Gasteiger partial charge in [-0.15, -0.1) is 0 Å². The number of benzene rings is 1. The van der Waals surface area contributed by atoms with Crippen molar-refractivity contribution in [1.82, 2.24) is 9.97 Å². The molecule has 0 saturated carbocycles. The van der Waals surface area contributed by atoms with E-state index in [-0.39, 0.29) is 23.1 Å². The van der Waals surface area contributed by atoms with Crippen molar-refractivity contribution in [3.63, 3.8) is 0 Å². The molecule has 32 heavy (non-hydrogen) atoms. The number of furan rings is 3. The van der Waals surface area contributed by atoms with Crippen LogP contribution in [-0.4, -0.2) is 21.6 Å². The number of fused-ring (bicyclic) bond motifs is 1. The molecule has 0 saturated heterocycles. The van der Waals surface area contributed by atoms with Gasteiger partial charge in [-0.3, -0.25) is 10.1 Å². The maximum absolute atomic E-state index is 12.7. The fourth-order valence-electron chi connectivity index (χ4n) is 3.25. The van der Waals surface area contributed by atoms with E-state index in [1.807, 2.05) is 24.3 Å². The van der Waals surface area contributed by atoms with Gasteiger partial charge in [-0.1, -0.05) is 30.0 Å². The molecule has 0 unspecified atom stereocenters. The first-order valence-corrected chi connectivity index (χ1v) is 10.5. The van der Waals surface area contributed by atoms with Gasteiger partial charge in [0.1, 0.15) is 28.7 Å². The summed E-state index contributed by atoms with van der Waals surface area (Å²) in [5.41, 5.74) is 1.36.